The van der Waals surface area contributed by atoms with E-state index in [0.29, 0.717) is 32.0 Å². The molecule has 3 heterocycles. The van der Waals surface area contributed by atoms with E-state index in [-0.39, 0.29) is 30.7 Å². The Kier molecular flexibility index (Phi) is 7.81. The molecule has 5 nitrogen and oxygen atoms in total. The van der Waals surface area contributed by atoms with Gasteiger partial charge in [-0.2, -0.15) is 0 Å². The number of fused-ring (bicyclic) bond motifs is 1. The highest BCUT2D eigenvalue weighted by Crippen LogP contribution is 2.30. The summed E-state index contributed by atoms with van der Waals surface area (Å²) in [6.07, 6.45) is 4.62. The van der Waals surface area contributed by atoms with Gasteiger partial charge in [-0.15, -0.1) is 24.8 Å². The number of halogens is 2. The van der Waals surface area contributed by atoms with Crippen molar-refractivity contribution in [3.63, 3.8) is 0 Å². The summed E-state index contributed by atoms with van der Waals surface area (Å²) < 4.78 is 5.37. The number of nitrogens with zero attached hydrogens (tertiary/aromatic N) is 2. The van der Waals surface area contributed by atoms with Crippen molar-refractivity contribution < 1.29 is 9.53 Å². The van der Waals surface area contributed by atoms with Gasteiger partial charge < -0.3 is 20.3 Å². The molecule has 3 aliphatic rings. The molecular formula is C20H31Cl2N3O2. The number of piperidine rings is 1. The van der Waals surface area contributed by atoms with Crippen molar-refractivity contribution in [1.29, 1.82) is 0 Å². The van der Waals surface area contributed by atoms with Crippen LogP contribution in [-0.2, 0) is 16.0 Å². The lowest BCUT2D eigenvalue weighted by Crippen LogP contribution is -2.59. The first-order valence-electron chi connectivity index (χ1n) is 9.65. The number of hydrogen-bond acceptors (Lipinski definition) is 4. The number of anilines is 1. The third-order valence-corrected chi connectivity index (χ3v) is 6.17. The molecule has 1 amide bonds. The fourth-order valence-electron chi connectivity index (χ4n) is 4.49. The van der Waals surface area contributed by atoms with Gasteiger partial charge in [0.2, 0.25) is 5.91 Å². The maximum absolute atomic E-state index is 12.8. The van der Waals surface area contributed by atoms with Crippen LogP contribution in [0.15, 0.2) is 24.3 Å². The lowest BCUT2D eigenvalue weighted by molar-refractivity contribution is -0.142. The van der Waals surface area contributed by atoms with Gasteiger partial charge in [-0.05, 0) is 49.7 Å². The molecule has 0 aliphatic carbocycles. The summed E-state index contributed by atoms with van der Waals surface area (Å²) in [7, 11) is 0. The summed E-state index contributed by atoms with van der Waals surface area (Å²) in [5.41, 5.74) is 8.56. The van der Waals surface area contributed by atoms with Crippen LogP contribution in [0.3, 0.4) is 0 Å². The molecule has 0 bridgehead atoms. The molecule has 1 aromatic carbocycles. The molecule has 0 spiro atoms. The van der Waals surface area contributed by atoms with Crippen molar-refractivity contribution in [3.8, 4) is 0 Å². The molecule has 7 heteroatoms. The quantitative estimate of drug-likeness (QED) is 0.823. The smallest absolute Gasteiger partial charge is 0.242 e. The van der Waals surface area contributed by atoms with E-state index in [1.807, 2.05) is 4.90 Å². The number of ether oxygens (including phenoxy) is 1. The molecule has 2 fully saturated rings. The Morgan fingerprint density at radius 2 is 1.78 bits per heavy atom. The molecule has 4 rings (SSSR count). The molecule has 27 heavy (non-hydrogen) atoms. The molecule has 0 aromatic heterocycles. The average Bonchev–Trinajstić information content (AvgIpc) is 3.05. The number of carbonyl (C=O) groups is 1. The van der Waals surface area contributed by atoms with Crippen molar-refractivity contribution in [2.45, 2.75) is 37.6 Å². The minimum absolute atomic E-state index is 0. The summed E-state index contributed by atoms with van der Waals surface area (Å²) in [5.74, 6) is 0.805. The number of rotatable bonds is 3. The summed E-state index contributed by atoms with van der Waals surface area (Å²) in [6, 6.07) is 8.74. The number of amides is 1. The van der Waals surface area contributed by atoms with Crippen molar-refractivity contribution >= 4 is 36.4 Å². The summed E-state index contributed by atoms with van der Waals surface area (Å²) in [4.78, 5) is 17.4. The van der Waals surface area contributed by atoms with Crippen molar-refractivity contribution in [2.24, 2.45) is 11.7 Å². The maximum atomic E-state index is 12.8. The lowest BCUT2D eigenvalue weighted by Gasteiger charge is -2.40. The second kappa shape index (κ2) is 9.46. The Hall–Kier alpha value is -1.01. The van der Waals surface area contributed by atoms with Crippen molar-refractivity contribution in [3.05, 3.63) is 29.8 Å². The van der Waals surface area contributed by atoms with Crippen molar-refractivity contribution in [1.82, 2.24) is 4.90 Å². The SMILES string of the molecule is Cl.Cl.NC1(C(=O)N2CCC(CN3CCc4ccccc43)CC2)CCOCC1. The van der Waals surface area contributed by atoms with Crippen LogP contribution in [0.5, 0.6) is 0 Å². The topological polar surface area (TPSA) is 58.8 Å². The van der Waals surface area contributed by atoms with Crippen LogP contribution < -0.4 is 10.6 Å². The second-order valence-corrected chi connectivity index (χ2v) is 7.83. The molecule has 152 valence electrons. The molecule has 1 aromatic rings. The Bertz CT molecular complexity index is 629. The van der Waals surface area contributed by atoms with Crippen molar-refractivity contribution in [2.75, 3.05) is 44.3 Å². The van der Waals surface area contributed by atoms with Crippen LogP contribution in [0.4, 0.5) is 5.69 Å². The van der Waals surface area contributed by atoms with E-state index in [1.165, 1.54) is 11.3 Å². The molecule has 2 N–H and O–H groups in total. The first-order chi connectivity index (χ1) is 12.2. The monoisotopic (exact) mass is 415 g/mol. The highest BCUT2D eigenvalue weighted by atomic mass is 35.5. The number of para-hydroxylation sites is 1. The van der Waals surface area contributed by atoms with Gasteiger partial charge in [-0.25, -0.2) is 0 Å². The molecule has 0 radical (unpaired) electrons. The highest BCUT2D eigenvalue weighted by Gasteiger charge is 2.40. The molecular weight excluding hydrogens is 385 g/mol. The van der Waals surface area contributed by atoms with Gasteiger partial charge in [-0.1, -0.05) is 18.2 Å². The van der Waals surface area contributed by atoms with E-state index in [9.17, 15) is 4.79 Å². The van der Waals surface area contributed by atoms with Crippen LogP contribution in [0.2, 0.25) is 0 Å². The van der Waals surface area contributed by atoms with Gasteiger partial charge in [0.05, 0.1) is 5.54 Å². The van der Waals surface area contributed by atoms with Gasteiger partial charge in [0.1, 0.15) is 0 Å². The zero-order chi connectivity index (χ0) is 17.3. The first kappa shape index (κ1) is 22.3. The van der Waals surface area contributed by atoms with Gasteiger partial charge in [0, 0.05) is 45.1 Å². The maximum Gasteiger partial charge on any atom is 0.242 e. The third-order valence-electron chi connectivity index (χ3n) is 6.17. The van der Waals surface area contributed by atoms with E-state index in [4.69, 9.17) is 10.5 Å². The predicted molar refractivity (Wildman–Crippen MR) is 113 cm³/mol. The van der Waals surface area contributed by atoms with Crippen LogP contribution in [0.25, 0.3) is 0 Å². The predicted octanol–water partition coefficient (Wildman–Crippen LogP) is 2.64. The molecule has 0 saturated carbocycles. The number of carbonyl (C=O) groups excluding carboxylic acids is 1. The fraction of sp³-hybridized carbons (Fsp3) is 0.650. The Labute approximate surface area is 174 Å². The molecule has 0 atom stereocenters. The number of hydrogen-bond donors (Lipinski definition) is 1. The van der Waals surface area contributed by atoms with Crippen LogP contribution >= 0.6 is 24.8 Å². The summed E-state index contributed by atoms with van der Waals surface area (Å²) in [6.45, 7) is 5.14. The third kappa shape index (κ3) is 4.70. The number of nitrogens with two attached hydrogens (primary N) is 1. The first-order valence-corrected chi connectivity index (χ1v) is 9.65. The zero-order valence-corrected chi connectivity index (χ0v) is 17.4. The Morgan fingerprint density at radius 3 is 2.48 bits per heavy atom. The van der Waals surface area contributed by atoms with Gasteiger partial charge in [-0.3, -0.25) is 4.79 Å². The second-order valence-electron chi connectivity index (χ2n) is 7.83. The zero-order valence-electron chi connectivity index (χ0n) is 15.8. The number of likely N-dealkylation sites (tertiary alicyclic amines) is 1. The molecule has 3 aliphatic heterocycles. The lowest BCUT2D eigenvalue weighted by atomic mass is 9.88. The Morgan fingerprint density at radius 1 is 1.11 bits per heavy atom. The van der Waals surface area contributed by atoms with Gasteiger partial charge in [0.25, 0.3) is 0 Å². The largest absolute Gasteiger partial charge is 0.381 e. The van der Waals surface area contributed by atoms with E-state index < -0.39 is 5.54 Å². The minimum Gasteiger partial charge on any atom is -0.381 e. The molecule has 0 unspecified atom stereocenters. The van der Waals surface area contributed by atoms with E-state index in [1.54, 1.807) is 0 Å². The van der Waals surface area contributed by atoms with Crippen LogP contribution in [0.1, 0.15) is 31.2 Å². The highest BCUT2D eigenvalue weighted by molar-refractivity contribution is 5.86. The standard InChI is InChI=1S/C20H29N3O2.2ClH/c21-20(8-13-25-14-9-20)19(24)22-10-5-16(6-11-22)15-23-12-7-17-3-1-2-4-18(17)23;;/h1-4,16H,5-15,21H2;2*1H. The average molecular weight is 416 g/mol. The van der Waals surface area contributed by atoms with Crippen LogP contribution in [0, 0.1) is 5.92 Å². The normalized spacial score (nSPS) is 21.8. The number of benzene rings is 1. The summed E-state index contributed by atoms with van der Waals surface area (Å²) >= 11 is 0. The van der Waals surface area contributed by atoms with Gasteiger partial charge >= 0.3 is 0 Å². The van der Waals surface area contributed by atoms with E-state index in [0.717, 1.165) is 45.4 Å². The fourth-order valence-corrected chi connectivity index (χ4v) is 4.49. The Balaban J connectivity index is 0.00000131. The van der Waals surface area contributed by atoms with Crippen LogP contribution in [-0.4, -0.2) is 55.7 Å². The van der Waals surface area contributed by atoms with E-state index >= 15 is 0 Å². The molecule has 2 saturated heterocycles. The summed E-state index contributed by atoms with van der Waals surface area (Å²) in [5, 5.41) is 0. The van der Waals surface area contributed by atoms with Gasteiger partial charge in [0.15, 0.2) is 0 Å². The van der Waals surface area contributed by atoms with E-state index in [2.05, 4.69) is 29.2 Å². The minimum atomic E-state index is -0.695.